The third kappa shape index (κ3) is 3.74. The molecule has 5 heteroatoms. The molecule has 0 aliphatic rings. The van der Waals surface area contributed by atoms with Crippen molar-refractivity contribution in [2.45, 2.75) is 0 Å². The van der Waals surface area contributed by atoms with Gasteiger partial charge >= 0.3 is 0 Å². The Morgan fingerprint density at radius 2 is 2.25 bits per heavy atom. The maximum atomic E-state index is 11.2. The minimum atomic E-state index is -0.491. The van der Waals surface area contributed by atoms with Crippen LogP contribution in [0.15, 0.2) is 35.5 Å². The molecular formula is C11H11ClN2O2. The summed E-state index contributed by atoms with van der Waals surface area (Å²) in [7, 11) is 0. The maximum Gasteiger partial charge on any atom is 0.270 e. The number of carbonyl (C=O) groups excluding carboxylic acids is 1. The number of anilines is 1. The molecule has 0 aliphatic heterocycles. The SMILES string of the molecule is O=C(C=NO)Nc1ccccc1C=CCCl. The molecule has 0 spiro atoms. The second kappa shape index (κ2) is 6.63. The van der Waals surface area contributed by atoms with Gasteiger partial charge in [-0.05, 0) is 11.6 Å². The highest BCUT2D eigenvalue weighted by Crippen LogP contribution is 2.16. The van der Waals surface area contributed by atoms with E-state index in [-0.39, 0.29) is 0 Å². The van der Waals surface area contributed by atoms with Gasteiger partial charge in [0.25, 0.3) is 5.91 Å². The van der Waals surface area contributed by atoms with Gasteiger partial charge in [-0.3, -0.25) is 4.79 Å². The number of hydrogen-bond acceptors (Lipinski definition) is 3. The Hall–Kier alpha value is -1.81. The fraction of sp³-hybridized carbons (Fsp3) is 0.0909. The number of amides is 1. The number of rotatable bonds is 4. The molecule has 0 saturated carbocycles. The predicted molar refractivity (Wildman–Crippen MR) is 65.1 cm³/mol. The first-order chi connectivity index (χ1) is 7.77. The van der Waals surface area contributed by atoms with Crippen molar-refractivity contribution < 1.29 is 10.0 Å². The first-order valence-electron chi connectivity index (χ1n) is 4.58. The highest BCUT2D eigenvalue weighted by molar-refractivity contribution is 6.31. The molecule has 16 heavy (non-hydrogen) atoms. The van der Waals surface area contributed by atoms with Crippen LogP contribution in [-0.2, 0) is 4.79 Å². The van der Waals surface area contributed by atoms with E-state index in [0.29, 0.717) is 11.6 Å². The van der Waals surface area contributed by atoms with Crippen LogP contribution in [0.5, 0.6) is 0 Å². The fourth-order valence-corrected chi connectivity index (χ4v) is 1.23. The van der Waals surface area contributed by atoms with Crippen LogP contribution in [-0.4, -0.2) is 23.2 Å². The van der Waals surface area contributed by atoms with Crippen molar-refractivity contribution in [2.24, 2.45) is 5.16 Å². The molecule has 4 nitrogen and oxygen atoms in total. The number of nitrogens with one attached hydrogen (secondary N) is 1. The van der Waals surface area contributed by atoms with Crippen LogP contribution >= 0.6 is 11.6 Å². The molecule has 0 fully saturated rings. The molecule has 0 aliphatic carbocycles. The lowest BCUT2D eigenvalue weighted by atomic mass is 10.1. The lowest BCUT2D eigenvalue weighted by molar-refractivity contribution is -0.110. The maximum absolute atomic E-state index is 11.2. The second-order valence-electron chi connectivity index (χ2n) is 2.88. The van der Waals surface area contributed by atoms with Crippen LogP contribution in [0.4, 0.5) is 5.69 Å². The van der Waals surface area contributed by atoms with Gasteiger partial charge in [0.1, 0.15) is 6.21 Å². The Morgan fingerprint density at radius 3 is 2.94 bits per heavy atom. The summed E-state index contributed by atoms with van der Waals surface area (Å²) < 4.78 is 0. The van der Waals surface area contributed by atoms with Gasteiger partial charge in [-0.25, -0.2) is 0 Å². The minimum Gasteiger partial charge on any atom is -0.411 e. The monoisotopic (exact) mass is 238 g/mol. The summed E-state index contributed by atoms with van der Waals surface area (Å²) in [6.07, 6.45) is 4.37. The molecule has 2 N–H and O–H groups in total. The van der Waals surface area contributed by atoms with Gasteiger partial charge < -0.3 is 10.5 Å². The smallest absolute Gasteiger partial charge is 0.270 e. The molecule has 0 unspecified atom stereocenters. The van der Waals surface area contributed by atoms with E-state index in [1.54, 1.807) is 24.3 Å². The van der Waals surface area contributed by atoms with Crippen LogP contribution in [0.25, 0.3) is 6.08 Å². The summed E-state index contributed by atoms with van der Waals surface area (Å²) in [4.78, 5) is 11.2. The number of para-hydroxylation sites is 1. The Kier molecular flexibility index (Phi) is 5.08. The highest BCUT2D eigenvalue weighted by atomic mass is 35.5. The quantitative estimate of drug-likeness (QED) is 0.366. The number of hydrogen-bond donors (Lipinski definition) is 2. The van der Waals surface area contributed by atoms with Crippen molar-refractivity contribution in [3.8, 4) is 0 Å². The first kappa shape index (κ1) is 12.3. The molecule has 1 amide bonds. The van der Waals surface area contributed by atoms with E-state index in [1.807, 2.05) is 12.1 Å². The number of halogens is 1. The van der Waals surface area contributed by atoms with Gasteiger partial charge in [0, 0.05) is 11.6 Å². The number of oxime groups is 1. The largest absolute Gasteiger partial charge is 0.411 e. The van der Waals surface area contributed by atoms with E-state index in [1.165, 1.54) is 0 Å². The van der Waals surface area contributed by atoms with Gasteiger partial charge in [-0.15, -0.1) is 11.6 Å². The lowest BCUT2D eigenvalue weighted by Gasteiger charge is -2.05. The number of benzene rings is 1. The van der Waals surface area contributed by atoms with Crippen molar-refractivity contribution >= 4 is 35.5 Å². The number of alkyl halides is 1. The Morgan fingerprint density at radius 1 is 1.50 bits per heavy atom. The van der Waals surface area contributed by atoms with Crippen molar-refractivity contribution in [1.82, 2.24) is 0 Å². The Balaban J connectivity index is 2.86. The molecule has 1 aromatic carbocycles. The van der Waals surface area contributed by atoms with E-state index < -0.39 is 5.91 Å². The molecular weight excluding hydrogens is 228 g/mol. The Labute approximate surface area is 98.2 Å². The molecule has 0 bridgehead atoms. The first-order valence-corrected chi connectivity index (χ1v) is 5.11. The van der Waals surface area contributed by atoms with E-state index in [9.17, 15) is 4.79 Å². The van der Waals surface area contributed by atoms with Crippen molar-refractivity contribution in [1.29, 1.82) is 0 Å². The second-order valence-corrected chi connectivity index (χ2v) is 3.19. The van der Waals surface area contributed by atoms with E-state index in [4.69, 9.17) is 16.8 Å². The van der Waals surface area contributed by atoms with Crippen molar-refractivity contribution in [2.75, 3.05) is 11.2 Å². The molecule has 84 valence electrons. The zero-order chi connectivity index (χ0) is 11.8. The number of carbonyl (C=O) groups is 1. The van der Waals surface area contributed by atoms with Crippen LogP contribution < -0.4 is 5.32 Å². The summed E-state index contributed by atoms with van der Waals surface area (Å²) in [6.45, 7) is 0. The standard InChI is InChI=1S/C11H11ClN2O2/c12-7-3-5-9-4-1-2-6-10(9)14-11(15)8-13-16/h1-6,8,16H,7H2,(H,14,15). The minimum absolute atomic E-state index is 0.403. The van der Waals surface area contributed by atoms with Gasteiger partial charge in [-0.1, -0.05) is 35.5 Å². The van der Waals surface area contributed by atoms with Gasteiger partial charge in [0.2, 0.25) is 0 Å². The van der Waals surface area contributed by atoms with Gasteiger partial charge in [0.05, 0.1) is 0 Å². The molecule has 0 saturated heterocycles. The molecule has 1 rings (SSSR count). The predicted octanol–water partition coefficient (Wildman–Crippen LogP) is 2.34. The molecule has 0 atom stereocenters. The lowest BCUT2D eigenvalue weighted by Crippen LogP contribution is -2.13. The van der Waals surface area contributed by atoms with Crippen molar-refractivity contribution in [3.05, 3.63) is 35.9 Å². The summed E-state index contributed by atoms with van der Waals surface area (Å²) in [5.41, 5.74) is 1.47. The summed E-state index contributed by atoms with van der Waals surface area (Å²) >= 11 is 5.53. The summed E-state index contributed by atoms with van der Waals surface area (Å²) in [5, 5.41) is 13.4. The van der Waals surface area contributed by atoms with Crippen LogP contribution in [0.1, 0.15) is 5.56 Å². The van der Waals surface area contributed by atoms with Gasteiger partial charge in [0.15, 0.2) is 0 Å². The van der Waals surface area contributed by atoms with E-state index in [2.05, 4.69) is 10.5 Å². The number of allylic oxidation sites excluding steroid dienone is 1. The van der Waals surface area contributed by atoms with Crippen LogP contribution in [0.3, 0.4) is 0 Å². The average Bonchev–Trinajstić information content (AvgIpc) is 2.28. The van der Waals surface area contributed by atoms with Gasteiger partial charge in [-0.2, -0.15) is 0 Å². The average molecular weight is 239 g/mol. The summed E-state index contributed by atoms with van der Waals surface area (Å²) in [5.74, 6) is -0.0883. The molecule has 0 heterocycles. The third-order valence-electron chi connectivity index (χ3n) is 1.78. The number of nitrogens with zero attached hydrogens (tertiary/aromatic N) is 1. The van der Waals surface area contributed by atoms with E-state index >= 15 is 0 Å². The molecule has 0 aromatic heterocycles. The fourth-order valence-electron chi connectivity index (χ4n) is 1.15. The zero-order valence-electron chi connectivity index (χ0n) is 8.43. The van der Waals surface area contributed by atoms with Crippen LogP contribution in [0, 0.1) is 0 Å². The van der Waals surface area contributed by atoms with E-state index in [0.717, 1.165) is 11.8 Å². The topological polar surface area (TPSA) is 61.7 Å². The van der Waals surface area contributed by atoms with Crippen molar-refractivity contribution in [3.63, 3.8) is 0 Å². The zero-order valence-corrected chi connectivity index (χ0v) is 9.19. The molecule has 1 aromatic rings. The normalized spacial score (nSPS) is 11.1. The highest BCUT2D eigenvalue weighted by Gasteiger charge is 2.01. The van der Waals surface area contributed by atoms with Crippen LogP contribution in [0.2, 0.25) is 0 Å². The Bertz CT molecular complexity index is 416. The molecule has 0 radical (unpaired) electrons. The third-order valence-corrected chi connectivity index (χ3v) is 1.96. The summed E-state index contributed by atoms with van der Waals surface area (Å²) in [6, 6.07) is 7.24.